The summed E-state index contributed by atoms with van der Waals surface area (Å²) in [4.78, 5) is 14.2. The molecule has 0 saturated heterocycles. The summed E-state index contributed by atoms with van der Waals surface area (Å²) in [5.41, 5.74) is 8.37. The molecular weight excluding hydrogens is 405 g/mol. The first kappa shape index (κ1) is 20.1. The molecule has 0 unspecified atom stereocenters. The molecule has 0 saturated carbocycles. The van der Waals surface area contributed by atoms with E-state index in [4.69, 9.17) is 10.00 Å². The second kappa shape index (κ2) is 8.01. The predicted molar refractivity (Wildman–Crippen MR) is 120 cm³/mol. The van der Waals surface area contributed by atoms with Gasteiger partial charge < -0.3 is 15.0 Å². The number of carbonyl (C=O) groups excluding carboxylic acids is 1. The van der Waals surface area contributed by atoms with Gasteiger partial charge in [0, 0.05) is 36.6 Å². The summed E-state index contributed by atoms with van der Waals surface area (Å²) in [5, 5.41) is 12.2. The molecule has 32 heavy (non-hydrogen) atoms. The molecule has 0 aromatic heterocycles. The number of hydrogen-bond acceptors (Lipinski definition) is 5. The van der Waals surface area contributed by atoms with E-state index in [1.54, 1.807) is 6.07 Å². The van der Waals surface area contributed by atoms with Crippen molar-refractivity contribution in [3.63, 3.8) is 0 Å². The van der Waals surface area contributed by atoms with E-state index < -0.39 is 5.82 Å². The molecule has 3 aromatic carbocycles. The van der Waals surface area contributed by atoms with Gasteiger partial charge in [0.25, 0.3) is 0 Å². The summed E-state index contributed by atoms with van der Waals surface area (Å²) in [7, 11) is 0. The van der Waals surface area contributed by atoms with E-state index in [2.05, 4.69) is 29.3 Å². The molecule has 0 bridgehead atoms. The predicted octanol–water partition coefficient (Wildman–Crippen LogP) is 4.85. The van der Waals surface area contributed by atoms with E-state index in [9.17, 15) is 9.18 Å². The number of fused-ring (bicyclic) bond motifs is 2. The van der Waals surface area contributed by atoms with Gasteiger partial charge in [-0.3, -0.25) is 0 Å². The normalized spacial score (nSPS) is 14.4. The Balaban J connectivity index is 1.29. The van der Waals surface area contributed by atoms with Crippen molar-refractivity contribution in [2.75, 3.05) is 16.8 Å². The number of hydrogen-bond donors (Lipinski definition) is 1. The van der Waals surface area contributed by atoms with Crippen LogP contribution in [0.3, 0.4) is 0 Å². The minimum Gasteiger partial charge on any atom is -0.457 e. The number of carbonyl (C=O) groups is 1. The molecule has 3 aromatic rings. The number of rotatable bonds is 4. The third-order valence-electron chi connectivity index (χ3n) is 6.35. The highest BCUT2D eigenvalue weighted by atomic mass is 19.1. The molecule has 0 aliphatic carbocycles. The van der Waals surface area contributed by atoms with Crippen molar-refractivity contribution in [3.8, 4) is 6.07 Å². The Labute approximate surface area is 186 Å². The fourth-order valence-corrected chi connectivity index (χ4v) is 4.51. The highest BCUT2D eigenvalue weighted by molar-refractivity contribution is 5.94. The number of anilines is 2. The van der Waals surface area contributed by atoms with Gasteiger partial charge in [-0.2, -0.15) is 5.26 Å². The molecule has 0 radical (unpaired) electrons. The maximum Gasteiger partial charge on any atom is 0.338 e. The van der Waals surface area contributed by atoms with Crippen molar-refractivity contribution in [2.45, 2.75) is 33.0 Å². The second-order valence-electron chi connectivity index (χ2n) is 8.25. The lowest BCUT2D eigenvalue weighted by Gasteiger charge is -2.32. The Morgan fingerprint density at radius 3 is 2.84 bits per heavy atom. The van der Waals surface area contributed by atoms with E-state index in [1.807, 2.05) is 24.3 Å². The van der Waals surface area contributed by atoms with Crippen LogP contribution in [0.5, 0.6) is 0 Å². The van der Waals surface area contributed by atoms with Gasteiger partial charge >= 0.3 is 5.97 Å². The van der Waals surface area contributed by atoms with Gasteiger partial charge in [0.2, 0.25) is 0 Å². The van der Waals surface area contributed by atoms with E-state index in [0.717, 1.165) is 47.6 Å². The number of benzene rings is 3. The lowest BCUT2D eigenvalue weighted by molar-refractivity contribution is 0.0535. The lowest BCUT2D eigenvalue weighted by Crippen LogP contribution is -2.31. The Morgan fingerprint density at radius 2 is 2.03 bits per heavy atom. The SMILES string of the molecule is Cc1c(N2CCc3cc(NCc4ccc(C#N)c(F)c4)ccc3C2)ccc2c1COC2=O. The molecule has 1 N–H and O–H groups in total. The van der Waals surface area contributed by atoms with E-state index >= 15 is 0 Å². The van der Waals surface area contributed by atoms with Gasteiger partial charge in [0.15, 0.2) is 0 Å². The van der Waals surface area contributed by atoms with Gasteiger partial charge in [-0.25, -0.2) is 9.18 Å². The third kappa shape index (κ3) is 3.56. The highest BCUT2D eigenvalue weighted by Crippen LogP contribution is 2.34. The first-order valence-electron chi connectivity index (χ1n) is 10.6. The fraction of sp³-hybridized carbons (Fsp3) is 0.231. The van der Waals surface area contributed by atoms with Gasteiger partial charge in [-0.15, -0.1) is 0 Å². The monoisotopic (exact) mass is 427 g/mol. The molecular formula is C26H22FN3O2. The molecule has 2 aliphatic heterocycles. The highest BCUT2D eigenvalue weighted by Gasteiger charge is 2.26. The molecule has 2 heterocycles. The second-order valence-corrected chi connectivity index (χ2v) is 8.25. The molecule has 6 heteroatoms. The summed E-state index contributed by atoms with van der Waals surface area (Å²) in [5.74, 6) is -0.725. The molecule has 0 fully saturated rings. The Morgan fingerprint density at radius 1 is 1.16 bits per heavy atom. The van der Waals surface area contributed by atoms with Crippen LogP contribution in [0.1, 0.15) is 43.7 Å². The number of esters is 1. The zero-order chi connectivity index (χ0) is 22.2. The maximum atomic E-state index is 13.8. The zero-order valence-corrected chi connectivity index (χ0v) is 17.7. The Kier molecular flexibility index (Phi) is 5.02. The lowest BCUT2D eigenvalue weighted by atomic mass is 9.96. The largest absolute Gasteiger partial charge is 0.457 e. The number of nitrogens with zero attached hydrogens (tertiary/aromatic N) is 2. The van der Waals surface area contributed by atoms with Crippen LogP contribution >= 0.6 is 0 Å². The number of ether oxygens (including phenoxy) is 1. The molecule has 5 nitrogen and oxygen atoms in total. The molecule has 5 rings (SSSR count). The third-order valence-corrected chi connectivity index (χ3v) is 6.35. The van der Waals surface area contributed by atoms with Crippen molar-refractivity contribution in [3.05, 3.63) is 93.3 Å². The average molecular weight is 427 g/mol. The smallest absolute Gasteiger partial charge is 0.338 e. The van der Waals surface area contributed by atoms with Crippen LogP contribution in [0.15, 0.2) is 48.5 Å². The minimum absolute atomic E-state index is 0.0600. The fourth-order valence-electron chi connectivity index (χ4n) is 4.51. The summed E-state index contributed by atoms with van der Waals surface area (Å²) in [6, 6.07) is 16.8. The van der Waals surface area contributed by atoms with Crippen LogP contribution in [-0.4, -0.2) is 12.5 Å². The van der Waals surface area contributed by atoms with E-state index in [-0.39, 0.29) is 11.5 Å². The van der Waals surface area contributed by atoms with Crippen LogP contribution in [-0.2, 0) is 30.9 Å². The van der Waals surface area contributed by atoms with Gasteiger partial charge in [0.05, 0.1) is 11.1 Å². The summed E-state index contributed by atoms with van der Waals surface area (Å²) in [6.07, 6.45) is 0.919. The topological polar surface area (TPSA) is 65.4 Å². The van der Waals surface area contributed by atoms with Crippen LogP contribution < -0.4 is 10.2 Å². The maximum absolute atomic E-state index is 13.8. The van der Waals surface area contributed by atoms with Crippen molar-refractivity contribution in [1.82, 2.24) is 0 Å². The van der Waals surface area contributed by atoms with Crippen molar-refractivity contribution >= 4 is 17.3 Å². The van der Waals surface area contributed by atoms with Gasteiger partial charge in [0.1, 0.15) is 18.5 Å². The standard InChI is InChI=1S/C26H22FN3O2/c1-16-23-15-32-26(31)22(23)6-7-25(16)30-9-8-18-11-21(5-4-20(18)14-30)29-13-17-2-3-19(12-28)24(27)10-17/h2-7,10-11,29H,8-9,13-15H2,1H3. The van der Waals surface area contributed by atoms with Gasteiger partial charge in [-0.05, 0) is 72.0 Å². The number of halogens is 1. The summed E-state index contributed by atoms with van der Waals surface area (Å²) < 4.78 is 19.0. The van der Waals surface area contributed by atoms with Crippen LogP contribution in [0.2, 0.25) is 0 Å². The van der Waals surface area contributed by atoms with Crippen molar-refractivity contribution < 1.29 is 13.9 Å². The molecule has 2 aliphatic rings. The Bertz CT molecular complexity index is 1280. The van der Waals surface area contributed by atoms with Crippen molar-refractivity contribution in [1.29, 1.82) is 5.26 Å². The summed E-state index contributed by atoms with van der Waals surface area (Å²) in [6.45, 7) is 4.61. The van der Waals surface area contributed by atoms with Crippen LogP contribution in [0, 0.1) is 24.1 Å². The first-order chi connectivity index (χ1) is 15.5. The van der Waals surface area contributed by atoms with E-state index in [1.165, 1.54) is 23.3 Å². The van der Waals surface area contributed by atoms with Crippen LogP contribution in [0.25, 0.3) is 0 Å². The molecule has 0 amide bonds. The number of nitrogens with one attached hydrogen (secondary N) is 1. The number of cyclic esters (lactones) is 1. The molecule has 0 spiro atoms. The quantitative estimate of drug-likeness (QED) is 0.603. The first-order valence-corrected chi connectivity index (χ1v) is 10.6. The van der Waals surface area contributed by atoms with Gasteiger partial charge in [-0.1, -0.05) is 12.1 Å². The zero-order valence-electron chi connectivity index (χ0n) is 17.7. The van der Waals surface area contributed by atoms with Crippen molar-refractivity contribution in [2.24, 2.45) is 0 Å². The summed E-state index contributed by atoms with van der Waals surface area (Å²) >= 11 is 0. The van der Waals surface area contributed by atoms with E-state index in [0.29, 0.717) is 18.7 Å². The number of nitriles is 1. The minimum atomic E-state index is -0.491. The molecule has 160 valence electrons. The Hall–Kier alpha value is -3.85. The average Bonchev–Trinajstić information content (AvgIpc) is 3.19. The van der Waals surface area contributed by atoms with Crippen LogP contribution in [0.4, 0.5) is 15.8 Å². The molecule has 0 atom stereocenters.